The van der Waals surface area contributed by atoms with Gasteiger partial charge in [0.2, 0.25) is 5.91 Å². The van der Waals surface area contributed by atoms with Gasteiger partial charge in [-0.05, 0) is 68.6 Å². The minimum absolute atomic E-state index is 0.0739. The molecule has 2 aromatic rings. The number of thiol groups is 1. The van der Waals surface area contributed by atoms with Crippen molar-refractivity contribution in [2.24, 2.45) is 5.92 Å². The normalized spacial score (nSPS) is 18.1. The molecular formula is C31H47N5O4S. The molecule has 10 heteroatoms. The zero-order valence-corrected chi connectivity index (χ0v) is 25.5. The number of carbonyl (C=O) groups is 2. The number of nitrogens with zero attached hydrogens (tertiary/aromatic N) is 3. The lowest BCUT2D eigenvalue weighted by Gasteiger charge is -2.48. The van der Waals surface area contributed by atoms with E-state index in [1.807, 2.05) is 35.4 Å². The van der Waals surface area contributed by atoms with Crippen molar-refractivity contribution in [2.45, 2.75) is 89.2 Å². The van der Waals surface area contributed by atoms with Gasteiger partial charge >= 0.3 is 6.03 Å². The van der Waals surface area contributed by atoms with Gasteiger partial charge in [-0.15, -0.1) is 0 Å². The highest BCUT2D eigenvalue weighted by Gasteiger charge is 2.44. The number of benzene rings is 1. The van der Waals surface area contributed by atoms with E-state index in [2.05, 4.69) is 35.0 Å². The van der Waals surface area contributed by atoms with Crippen LogP contribution < -0.4 is 10.1 Å². The smallest absolute Gasteiger partial charge is 0.327 e. The second kappa shape index (κ2) is 15.5. The van der Waals surface area contributed by atoms with Gasteiger partial charge in [-0.2, -0.15) is 0 Å². The lowest BCUT2D eigenvalue weighted by molar-refractivity contribution is -0.150. The van der Waals surface area contributed by atoms with Crippen molar-refractivity contribution in [2.75, 3.05) is 33.4 Å². The molecule has 0 spiro atoms. The van der Waals surface area contributed by atoms with Gasteiger partial charge in [0.15, 0.2) is 0 Å². The number of rotatable bonds is 13. The van der Waals surface area contributed by atoms with Gasteiger partial charge in [-0.1, -0.05) is 51.1 Å². The summed E-state index contributed by atoms with van der Waals surface area (Å²) in [6.45, 7) is 4.64. The summed E-state index contributed by atoms with van der Waals surface area (Å²) >= 11 is 4.58. The molecule has 0 radical (unpaired) electrons. The Bertz CT molecular complexity index is 1070. The van der Waals surface area contributed by atoms with Crippen LogP contribution >= 0.6 is 12.8 Å². The highest BCUT2D eigenvalue weighted by Crippen LogP contribution is 2.42. The van der Waals surface area contributed by atoms with Crippen molar-refractivity contribution in [1.29, 1.82) is 0 Å². The molecule has 226 valence electrons. The number of ether oxygens (including phenoxy) is 2. The molecule has 4 rings (SSSR count). The maximum Gasteiger partial charge on any atom is 0.327 e. The monoisotopic (exact) mass is 585 g/mol. The molecule has 1 aromatic heterocycles. The van der Waals surface area contributed by atoms with Crippen LogP contribution in [0.15, 0.2) is 36.8 Å². The number of H-pyrrole nitrogens is 1. The van der Waals surface area contributed by atoms with Crippen LogP contribution in [0.5, 0.6) is 5.75 Å². The number of piperidine rings is 1. The Balaban J connectivity index is 1.42. The average Bonchev–Trinajstić information content (AvgIpc) is 3.55. The third-order valence-electron chi connectivity index (χ3n) is 8.68. The van der Waals surface area contributed by atoms with Gasteiger partial charge in [-0.25, -0.2) is 9.78 Å². The Morgan fingerprint density at radius 2 is 1.93 bits per heavy atom. The molecule has 1 saturated heterocycles. The molecule has 3 amide bonds. The van der Waals surface area contributed by atoms with E-state index < -0.39 is 6.04 Å². The first-order valence-corrected chi connectivity index (χ1v) is 15.6. The van der Waals surface area contributed by atoms with E-state index >= 15 is 0 Å². The maximum absolute atomic E-state index is 14.0. The molecule has 1 aromatic carbocycles. The van der Waals surface area contributed by atoms with Crippen molar-refractivity contribution in [3.63, 3.8) is 0 Å². The summed E-state index contributed by atoms with van der Waals surface area (Å²) in [6.07, 6.45) is 14.3. The number of aromatic nitrogens is 2. The molecule has 2 N–H and O–H groups in total. The van der Waals surface area contributed by atoms with Crippen molar-refractivity contribution in [3.05, 3.63) is 48.0 Å². The standard InChI is InChI=1S/C31H47N5O4S/c1-3-20-40-31(25-8-5-4-6-9-25)15-18-35(19-16-31)29(37)28(21-24-11-13-27(39-2)14-12-24)36(41)30(38)33-17-7-10-26-22-32-23-34-26/h11-14,22-23,25,28,41H,3-10,15-21H2,1-2H3,(H,32,34)(H,33,38). The third kappa shape index (κ3) is 8.41. The van der Waals surface area contributed by atoms with Gasteiger partial charge in [0.1, 0.15) is 11.8 Å². The number of carbonyl (C=O) groups excluding carboxylic acids is 2. The zero-order chi connectivity index (χ0) is 29.1. The fraction of sp³-hybridized carbons (Fsp3) is 0.645. The lowest BCUT2D eigenvalue weighted by Crippen LogP contribution is -2.57. The predicted molar refractivity (Wildman–Crippen MR) is 163 cm³/mol. The van der Waals surface area contributed by atoms with Crippen molar-refractivity contribution in [3.8, 4) is 5.75 Å². The number of nitrogens with one attached hydrogen (secondary N) is 2. The highest BCUT2D eigenvalue weighted by molar-refractivity contribution is 7.78. The number of hydrogen-bond acceptors (Lipinski definition) is 6. The number of urea groups is 1. The van der Waals surface area contributed by atoms with Crippen LogP contribution in [0.1, 0.15) is 76.0 Å². The van der Waals surface area contributed by atoms with E-state index in [0.717, 1.165) is 55.7 Å². The van der Waals surface area contributed by atoms with Gasteiger partial charge in [-0.3, -0.25) is 9.10 Å². The maximum atomic E-state index is 14.0. The fourth-order valence-electron chi connectivity index (χ4n) is 6.30. The van der Waals surface area contributed by atoms with Crippen molar-refractivity contribution >= 4 is 24.8 Å². The zero-order valence-electron chi connectivity index (χ0n) is 24.6. The van der Waals surface area contributed by atoms with Gasteiger partial charge in [0, 0.05) is 38.9 Å². The molecule has 2 aliphatic rings. The molecule has 0 bridgehead atoms. The van der Waals surface area contributed by atoms with Crippen LogP contribution in [-0.4, -0.2) is 76.1 Å². The minimum atomic E-state index is -0.739. The first-order chi connectivity index (χ1) is 20.0. The van der Waals surface area contributed by atoms with E-state index in [-0.39, 0.29) is 17.5 Å². The second-order valence-corrected chi connectivity index (χ2v) is 11.8. The molecule has 1 aliphatic carbocycles. The second-order valence-electron chi connectivity index (χ2n) is 11.4. The number of aromatic amines is 1. The van der Waals surface area contributed by atoms with Crippen LogP contribution in [0.3, 0.4) is 0 Å². The van der Waals surface area contributed by atoms with E-state index in [1.165, 1.54) is 36.4 Å². The Morgan fingerprint density at radius 3 is 2.56 bits per heavy atom. The van der Waals surface area contributed by atoms with Crippen molar-refractivity contribution in [1.82, 2.24) is 24.5 Å². The molecule has 41 heavy (non-hydrogen) atoms. The summed E-state index contributed by atoms with van der Waals surface area (Å²) in [5.74, 6) is 1.23. The van der Waals surface area contributed by atoms with Gasteiger partial charge < -0.3 is 24.7 Å². The fourth-order valence-corrected chi connectivity index (χ4v) is 6.55. The van der Waals surface area contributed by atoms with Gasteiger partial charge in [0.25, 0.3) is 0 Å². The molecule has 2 heterocycles. The summed E-state index contributed by atoms with van der Waals surface area (Å²) in [7, 11) is 1.63. The third-order valence-corrected chi connectivity index (χ3v) is 9.14. The first-order valence-electron chi connectivity index (χ1n) is 15.2. The Kier molecular flexibility index (Phi) is 11.8. The number of aryl methyl sites for hydroxylation is 1. The van der Waals surface area contributed by atoms with E-state index in [9.17, 15) is 9.59 Å². The number of likely N-dealkylation sites (tertiary alicyclic amines) is 1. The summed E-state index contributed by atoms with van der Waals surface area (Å²) in [6, 6.07) is 6.51. The van der Waals surface area contributed by atoms with Crippen LogP contribution in [0.25, 0.3) is 0 Å². The van der Waals surface area contributed by atoms with Crippen LogP contribution in [0, 0.1) is 5.92 Å². The molecule has 9 nitrogen and oxygen atoms in total. The highest BCUT2D eigenvalue weighted by atomic mass is 32.1. The van der Waals surface area contributed by atoms with E-state index in [4.69, 9.17) is 9.47 Å². The summed E-state index contributed by atoms with van der Waals surface area (Å²) in [5, 5.41) is 2.93. The lowest BCUT2D eigenvalue weighted by atomic mass is 9.72. The minimum Gasteiger partial charge on any atom is -0.497 e. The quantitative estimate of drug-likeness (QED) is 0.222. The molecule has 1 atom stereocenters. The van der Waals surface area contributed by atoms with Crippen LogP contribution in [-0.2, 0) is 22.4 Å². The summed E-state index contributed by atoms with van der Waals surface area (Å²) < 4.78 is 13.2. The molecule has 1 aliphatic heterocycles. The molecule has 2 fully saturated rings. The van der Waals surface area contributed by atoms with E-state index in [0.29, 0.717) is 32.0 Å². The molecule has 1 saturated carbocycles. The number of amides is 3. The molecular weight excluding hydrogens is 538 g/mol. The Hall–Kier alpha value is -2.72. The SMILES string of the molecule is CCCOC1(C2CCCCC2)CCN(C(=O)C(Cc2ccc(OC)cc2)N(S)C(=O)NCCCc2c[nH]cn2)CC1. The van der Waals surface area contributed by atoms with E-state index in [1.54, 1.807) is 13.4 Å². The number of hydrogen-bond donors (Lipinski definition) is 3. The number of imidazole rings is 1. The number of methoxy groups -OCH3 is 1. The van der Waals surface area contributed by atoms with Gasteiger partial charge in [0.05, 0.1) is 24.7 Å². The largest absolute Gasteiger partial charge is 0.497 e. The average molecular weight is 586 g/mol. The Labute approximate surface area is 250 Å². The summed E-state index contributed by atoms with van der Waals surface area (Å²) in [4.78, 5) is 36.3. The predicted octanol–water partition coefficient (Wildman–Crippen LogP) is 5.19. The Morgan fingerprint density at radius 1 is 1.20 bits per heavy atom. The van der Waals surface area contributed by atoms with Crippen molar-refractivity contribution < 1.29 is 19.1 Å². The first kappa shape index (κ1) is 31.2. The molecule has 1 unspecified atom stereocenters. The topological polar surface area (TPSA) is 99.8 Å². The van der Waals surface area contributed by atoms with Crippen LogP contribution in [0.2, 0.25) is 0 Å². The van der Waals surface area contributed by atoms with Crippen LogP contribution in [0.4, 0.5) is 4.79 Å². The summed E-state index contributed by atoms with van der Waals surface area (Å²) in [5.41, 5.74) is 1.74.